The molecule has 0 bridgehead atoms. The lowest BCUT2D eigenvalue weighted by molar-refractivity contribution is 0.102. The summed E-state index contributed by atoms with van der Waals surface area (Å²) >= 11 is 0. The minimum atomic E-state index is 0.495. The van der Waals surface area contributed by atoms with Crippen LogP contribution >= 0.6 is 0 Å². The Kier molecular flexibility index (Phi) is 4.83. The molecule has 5 nitrogen and oxygen atoms in total. The third kappa shape index (κ3) is 3.53. The normalized spacial score (nSPS) is 18.0. The van der Waals surface area contributed by atoms with E-state index in [2.05, 4.69) is 33.3 Å². The molecule has 1 unspecified atom stereocenters. The van der Waals surface area contributed by atoms with Crippen LogP contribution in [0.5, 0.6) is 0 Å². The number of hydrogen-bond donors (Lipinski definition) is 1. The van der Waals surface area contributed by atoms with Gasteiger partial charge in [0.1, 0.15) is 12.1 Å². The summed E-state index contributed by atoms with van der Waals surface area (Å²) in [5.41, 5.74) is 2.94. The number of aryl methyl sites for hydroxylation is 2. The summed E-state index contributed by atoms with van der Waals surface area (Å²) in [4.78, 5) is 13.2. The molecule has 0 spiro atoms. The molecule has 2 aromatic rings. The maximum atomic E-state index is 5.65. The molecule has 0 aliphatic carbocycles. The molecule has 0 amide bonds. The predicted octanol–water partition coefficient (Wildman–Crippen LogP) is 3.40. The van der Waals surface area contributed by atoms with Crippen LogP contribution in [0.1, 0.15) is 43.4 Å². The summed E-state index contributed by atoms with van der Waals surface area (Å²) in [5.74, 6) is 0.895. The molecular weight excluding hydrogens is 276 g/mol. The Bertz CT molecular complexity index is 638. The molecule has 1 aliphatic heterocycles. The molecule has 0 aromatic carbocycles. The van der Waals surface area contributed by atoms with Crippen LogP contribution in [-0.4, -0.2) is 34.2 Å². The summed E-state index contributed by atoms with van der Waals surface area (Å²) in [6.45, 7) is 5.95. The Labute approximate surface area is 131 Å². The summed E-state index contributed by atoms with van der Waals surface area (Å²) in [6.07, 6.45) is 8.03. The van der Waals surface area contributed by atoms with Crippen molar-refractivity contribution in [2.24, 2.45) is 0 Å². The number of pyridine rings is 1. The van der Waals surface area contributed by atoms with Crippen LogP contribution in [0.2, 0.25) is 0 Å². The maximum Gasteiger partial charge on any atom is 0.165 e. The molecule has 0 radical (unpaired) electrons. The van der Waals surface area contributed by atoms with Crippen molar-refractivity contribution in [2.45, 2.75) is 52.1 Å². The second-order valence-electron chi connectivity index (χ2n) is 6.06. The average Bonchev–Trinajstić information content (AvgIpc) is 2.99. The Balaban J connectivity index is 1.57. The van der Waals surface area contributed by atoms with Gasteiger partial charge < -0.3 is 10.1 Å². The van der Waals surface area contributed by atoms with Crippen molar-refractivity contribution >= 4 is 16.9 Å². The van der Waals surface area contributed by atoms with Gasteiger partial charge in [-0.15, -0.1) is 0 Å². The van der Waals surface area contributed by atoms with E-state index in [-0.39, 0.29) is 0 Å². The van der Waals surface area contributed by atoms with Crippen molar-refractivity contribution in [1.29, 1.82) is 0 Å². The molecule has 1 atom stereocenters. The second kappa shape index (κ2) is 7.01. The maximum absolute atomic E-state index is 5.65. The van der Waals surface area contributed by atoms with Crippen molar-refractivity contribution in [3.05, 3.63) is 23.7 Å². The summed E-state index contributed by atoms with van der Waals surface area (Å²) in [7, 11) is 0. The fraction of sp³-hybridized carbons (Fsp3) is 0.588. The SMILES string of the molecule is Cc1cc(C)c2c(NCCCCC3CCCO3)ncnc2n1. The van der Waals surface area contributed by atoms with Crippen molar-refractivity contribution in [1.82, 2.24) is 15.0 Å². The quantitative estimate of drug-likeness (QED) is 0.828. The molecule has 1 N–H and O–H groups in total. The van der Waals surface area contributed by atoms with Crippen molar-refractivity contribution < 1.29 is 4.74 Å². The number of fused-ring (bicyclic) bond motifs is 1. The van der Waals surface area contributed by atoms with Gasteiger partial charge in [-0.3, -0.25) is 0 Å². The van der Waals surface area contributed by atoms with Crippen LogP contribution in [0.3, 0.4) is 0 Å². The zero-order valence-electron chi connectivity index (χ0n) is 13.4. The molecule has 1 fully saturated rings. The topological polar surface area (TPSA) is 59.9 Å². The highest BCUT2D eigenvalue weighted by molar-refractivity contribution is 5.89. The zero-order chi connectivity index (χ0) is 15.4. The van der Waals surface area contributed by atoms with Crippen LogP contribution in [0.15, 0.2) is 12.4 Å². The molecule has 1 aliphatic rings. The van der Waals surface area contributed by atoms with E-state index in [0.29, 0.717) is 6.10 Å². The number of rotatable bonds is 6. The lowest BCUT2D eigenvalue weighted by Crippen LogP contribution is -2.08. The van der Waals surface area contributed by atoms with Crippen LogP contribution in [0.25, 0.3) is 11.0 Å². The molecular formula is C17H24N4O. The highest BCUT2D eigenvalue weighted by atomic mass is 16.5. The Morgan fingerprint density at radius 1 is 1.27 bits per heavy atom. The van der Waals surface area contributed by atoms with E-state index in [1.165, 1.54) is 31.2 Å². The number of aromatic nitrogens is 3. The van der Waals surface area contributed by atoms with Gasteiger partial charge >= 0.3 is 0 Å². The van der Waals surface area contributed by atoms with E-state index >= 15 is 0 Å². The lowest BCUT2D eigenvalue weighted by atomic mass is 10.1. The predicted molar refractivity (Wildman–Crippen MR) is 88.1 cm³/mol. The van der Waals surface area contributed by atoms with Gasteiger partial charge in [-0.25, -0.2) is 15.0 Å². The van der Waals surface area contributed by atoms with Gasteiger partial charge in [0.2, 0.25) is 0 Å². The number of nitrogens with one attached hydrogen (secondary N) is 1. The molecule has 0 saturated carbocycles. The third-order valence-corrected chi connectivity index (χ3v) is 4.20. The van der Waals surface area contributed by atoms with Gasteiger partial charge in [0, 0.05) is 18.8 Å². The first-order chi connectivity index (χ1) is 10.7. The number of hydrogen-bond acceptors (Lipinski definition) is 5. The number of nitrogens with zero attached hydrogens (tertiary/aromatic N) is 3. The van der Waals surface area contributed by atoms with E-state index in [0.717, 1.165) is 42.1 Å². The van der Waals surface area contributed by atoms with Crippen molar-refractivity contribution in [2.75, 3.05) is 18.5 Å². The van der Waals surface area contributed by atoms with Crippen molar-refractivity contribution in [3.63, 3.8) is 0 Å². The van der Waals surface area contributed by atoms with Gasteiger partial charge in [-0.05, 0) is 57.6 Å². The summed E-state index contributed by atoms with van der Waals surface area (Å²) in [6, 6.07) is 2.08. The largest absolute Gasteiger partial charge is 0.378 e. The lowest BCUT2D eigenvalue weighted by Gasteiger charge is -2.11. The van der Waals surface area contributed by atoms with Crippen molar-refractivity contribution in [3.8, 4) is 0 Å². The molecule has 22 heavy (non-hydrogen) atoms. The monoisotopic (exact) mass is 300 g/mol. The minimum Gasteiger partial charge on any atom is -0.378 e. The molecule has 5 heteroatoms. The minimum absolute atomic E-state index is 0.495. The van der Waals surface area contributed by atoms with E-state index in [9.17, 15) is 0 Å². The molecule has 1 saturated heterocycles. The second-order valence-corrected chi connectivity index (χ2v) is 6.06. The van der Waals surface area contributed by atoms with E-state index in [1.807, 2.05) is 6.92 Å². The van der Waals surface area contributed by atoms with E-state index in [4.69, 9.17) is 4.74 Å². The Hall–Kier alpha value is -1.75. The van der Waals surface area contributed by atoms with Crippen LogP contribution in [0.4, 0.5) is 5.82 Å². The fourth-order valence-electron chi connectivity index (χ4n) is 3.12. The fourth-order valence-corrected chi connectivity index (χ4v) is 3.12. The molecule has 118 valence electrons. The van der Waals surface area contributed by atoms with Gasteiger partial charge in [0.05, 0.1) is 11.5 Å². The molecule has 3 rings (SSSR count). The smallest absolute Gasteiger partial charge is 0.165 e. The highest BCUT2D eigenvalue weighted by Gasteiger charge is 2.14. The van der Waals surface area contributed by atoms with E-state index in [1.54, 1.807) is 6.33 Å². The summed E-state index contributed by atoms with van der Waals surface area (Å²) < 4.78 is 5.65. The van der Waals surface area contributed by atoms with E-state index < -0.39 is 0 Å². The molecule has 2 aromatic heterocycles. The van der Waals surface area contributed by atoms with Gasteiger partial charge in [-0.2, -0.15) is 0 Å². The number of anilines is 1. The van der Waals surface area contributed by atoms with Crippen LogP contribution in [-0.2, 0) is 4.74 Å². The number of ether oxygens (including phenoxy) is 1. The standard InChI is InChI=1S/C17H24N4O/c1-12-10-13(2)21-17-15(12)16(19-11-20-17)18-8-4-3-6-14-7-5-9-22-14/h10-11,14H,3-9H2,1-2H3,(H,18,19,20,21). The highest BCUT2D eigenvalue weighted by Crippen LogP contribution is 2.23. The van der Waals surface area contributed by atoms with Gasteiger partial charge in [-0.1, -0.05) is 0 Å². The van der Waals surface area contributed by atoms with Crippen LogP contribution < -0.4 is 5.32 Å². The first-order valence-electron chi connectivity index (χ1n) is 8.18. The average molecular weight is 300 g/mol. The zero-order valence-corrected chi connectivity index (χ0v) is 13.4. The third-order valence-electron chi connectivity index (χ3n) is 4.20. The number of unbranched alkanes of at least 4 members (excludes halogenated alkanes) is 1. The van der Waals surface area contributed by atoms with Crippen LogP contribution in [0, 0.1) is 13.8 Å². The Morgan fingerprint density at radius 2 is 2.18 bits per heavy atom. The van der Waals surface area contributed by atoms with Gasteiger partial charge in [0.15, 0.2) is 5.65 Å². The Morgan fingerprint density at radius 3 is 3.00 bits per heavy atom. The first-order valence-corrected chi connectivity index (χ1v) is 8.18. The van der Waals surface area contributed by atoms with Gasteiger partial charge in [0.25, 0.3) is 0 Å². The first kappa shape index (κ1) is 15.2. The molecule has 3 heterocycles. The summed E-state index contributed by atoms with van der Waals surface area (Å²) in [5, 5.41) is 4.48.